The van der Waals surface area contributed by atoms with Gasteiger partial charge in [-0.1, -0.05) is 19.9 Å². The van der Waals surface area contributed by atoms with Gasteiger partial charge < -0.3 is 5.11 Å². The normalized spacial score (nSPS) is 17.4. The second-order valence-electron chi connectivity index (χ2n) is 4.24. The maximum Gasteiger partial charge on any atom is 0.335 e. The van der Waals surface area contributed by atoms with Crippen LogP contribution in [0.2, 0.25) is 0 Å². The van der Waals surface area contributed by atoms with E-state index in [0.29, 0.717) is 5.56 Å². The van der Waals surface area contributed by atoms with Crippen LogP contribution >= 0.6 is 0 Å². The predicted octanol–water partition coefficient (Wildman–Crippen LogP) is 2.22. The van der Waals surface area contributed by atoms with E-state index in [1.165, 1.54) is 11.1 Å². The fourth-order valence-electron chi connectivity index (χ4n) is 2.00. The molecule has 13 heavy (non-hydrogen) atoms. The highest BCUT2D eigenvalue weighted by Crippen LogP contribution is 2.40. The summed E-state index contributed by atoms with van der Waals surface area (Å²) in [5, 5.41) is 8.75. The van der Waals surface area contributed by atoms with Crippen LogP contribution in [0.15, 0.2) is 18.2 Å². The molecule has 0 saturated carbocycles. The molecule has 1 N–H and O–H groups in total. The largest absolute Gasteiger partial charge is 0.478 e. The van der Waals surface area contributed by atoms with Crippen LogP contribution in [-0.2, 0) is 11.8 Å². The Bertz CT molecular complexity index is 378. The average molecular weight is 176 g/mol. The molecule has 2 nitrogen and oxygen atoms in total. The Balaban J connectivity index is 2.44. The third kappa shape index (κ3) is 1.13. The zero-order valence-corrected chi connectivity index (χ0v) is 7.79. The number of carboxylic acid groups (broad SMARTS) is 1. The topological polar surface area (TPSA) is 37.3 Å². The lowest BCUT2D eigenvalue weighted by Crippen LogP contribution is -2.32. The Morgan fingerprint density at radius 3 is 2.62 bits per heavy atom. The monoisotopic (exact) mass is 176 g/mol. The first-order valence-electron chi connectivity index (χ1n) is 4.37. The van der Waals surface area contributed by atoms with Crippen LogP contribution in [-0.4, -0.2) is 11.1 Å². The molecule has 1 aromatic rings. The number of rotatable bonds is 1. The Hall–Kier alpha value is -1.31. The van der Waals surface area contributed by atoms with Gasteiger partial charge in [-0.25, -0.2) is 4.79 Å². The SMILES string of the molecule is CC1(C)Cc2cc(C(=O)O)ccc21. The number of hydrogen-bond acceptors (Lipinski definition) is 1. The number of fused-ring (bicyclic) bond motifs is 1. The van der Waals surface area contributed by atoms with Gasteiger partial charge in [-0.15, -0.1) is 0 Å². The van der Waals surface area contributed by atoms with Crippen LogP contribution in [0.4, 0.5) is 0 Å². The van der Waals surface area contributed by atoms with Gasteiger partial charge in [0.25, 0.3) is 0 Å². The summed E-state index contributed by atoms with van der Waals surface area (Å²) >= 11 is 0. The van der Waals surface area contributed by atoms with E-state index in [1.807, 2.05) is 6.07 Å². The smallest absolute Gasteiger partial charge is 0.335 e. The lowest BCUT2D eigenvalue weighted by molar-refractivity contribution is 0.0696. The van der Waals surface area contributed by atoms with Gasteiger partial charge in [0.1, 0.15) is 0 Å². The van der Waals surface area contributed by atoms with Gasteiger partial charge in [-0.05, 0) is 35.1 Å². The van der Waals surface area contributed by atoms with Crippen LogP contribution in [0.25, 0.3) is 0 Å². The Morgan fingerprint density at radius 2 is 2.15 bits per heavy atom. The van der Waals surface area contributed by atoms with E-state index in [-0.39, 0.29) is 5.41 Å². The maximum atomic E-state index is 10.6. The maximum absolute atomic E-state index is 10.6. The molecule has 0 spiro atoms. The summed E-state index contributed by atoms with van der Waals surface area (Å²) < 4.78 is 0. The Kier molecular flexibility index (Phi) is 1.50. The van der Waals surface area contributed by atoms with E-state index < -0.39 is 5.97 Å². The zero-order valence-electron chi connectivity index (χ0n) is 7.79. The van der Waals surface area contributed by atoms with E-state index in [1.54, 1.807) is 12.1 Å². The number of carbonyl (C=O) groups is 1. The van der Waals surface area contributed by atoms with Crippen molar-refractivity contribution in [2.45, 2.75) is 25.7 Å². The van der Waals surface area contributed by atoms with Crippen molar-refractivity contribution >= 4 is 5.97 Å². The van der Waals surface area contributed by atoms with E-state index in [2.05, 4.69) is 13.8 Å². The van der Waals surface area contributed by atoms with Crippen molar-refractivity contribution in [3.05, 3.63) is 34.9 Å². The molecular formula is C11H12O2. The van der Waals surface area contributed by atoms with Gasteiger partial charge in [0.05, 0.1) is 5.56 Å². The lowest BCUT2D eigenvalue weighted by atomic mass is 9.66. The van der Waals surface area contributed by atoms with Crippen molar-refractivity contribution in [2.24, 2.45) is 0 Å². The first-order chi connectivity index (χ1) is 6.00. The summed E-state index contributed by atoms with van der Waals surface area (Å²) in [5.74, 6) is -0.840. The number of hydrogen-bond donors (Lipinski definition) is 1. The number of aromatic carboxylic acids is 1. The number of benzene rings is 1. The first kappa shape index (κ1) is 8.30. The van der Waals surface area contributed by atoms with E-state index >= 15 is 0 Å². The molecule has 1 aliphatic carbocycles. The summed E-state index contributed by atoms with van der Waals surface area (Å²) in [4.78, 5) is 10.6. The lowest BCUT2D eigenvalue weighted by Gasteiger charge is -2.38. The molecule has 0 atom stereocenters. The van der Waals surface area contributed by atoms with Crippen LogP contribution in [0, 0.1) is 0 Å². The third-order valence-corrected chi connectivity index (χ3v) is 2.71. The highest BCUT2D eigenvalue weighted by Gasteiger charge is 2.33. The molecular weight excluding hydrogens is 164 g/mol. The fraction of sp³-hybridized carbons (Fsp3) is 0.364. The summed E-state index contributed by atoms with van der Waals surface area (Å²) in [6.07, 6.45) is 0.990. The molecule has 0 aliphatic heterocycles. The van der Waals surface area contributed by atoms with Crippen molar-refractivity contribution in [2.75, 3.05) is 0 Å². The zero-order chi connectivity index (χ0) is 9.64. The van der Waals surface area contributed by atoms with Gasteiger partial charge in [-0.3, -0.25) is 0 Å². The molecule has 0 aromatic heterocycles. The second-order valence-corrected chi connectivity index (χ2v) is 4.24. The molecule has 68 valence electrons. The van der Waals surface area contributed by atoms with Gasteiger partial charge >= 0.3 is 5.97 Å². The fourth-order valence-corrected chi connectivity index (χ4v) is 2.00. The van der Waals surface area contributed by atoms with Crippen LogP contribution in [0.1, 0.15) is 35.3 Å². The van der Waals surface area contributed by atoms with Gasteiger partial charge in [0, 0.05) is 0 Å². The van der Waals surface area contributed by atoms with Crippen molar-refractivity contribution in [1.82, 2.24) is 0 Å². The quantitative estimate of drug-likeness (QED) is 0.712. The van der Waals surface area contributed by atoms with Crippen LogP contribution < -0.4 is 0 Å². The van der Waals surface area contributed by atoms with E-state index in [9.17, 15) is 4.79 Å². The van der Waals surface area contributed by atoms with E-state index in [4.69, 9.17) is 5.11 Å². The molecule has 2 rings (SSSR count). The second kappa shape index (κ2) is 2.34. The number of carboxylic acids is 1. The molecule has 2 heteroatoms. The standard InChI is InChI=1S/C11H12O2/c1-11(2)6-8-5-7(10(12)13)3-4-9(8)11/h3-5H,6H2,1-2H3,(H,12,13). The van der Waals surface area contributed by atoms with Crippen molar-refractivity contribution in [3.63, 3.8) is 0 Å². The minimum absolute atomic E-state index is 0.242. The van der Waals surface area contributed by atoms with Gasteiger partial charge in [0.15, 0.2) is 0 Å². The molecule has 0 unspecified atom stereocenters. The minimum Gasteiger partial charge on any atom is -0.478 e. The highest BCUT2D eigenvalue weighted by atomic mass is 16.4. The predicted molar refractivity (Wildman–Crippen MR) is 50.1 cm³/mol. The molecule has 0 radical (unpaired) electrons. The Morgan fingerprint density at radius 1 is 1.46 bits per heavy atom. The average Bonchev–Trinajstić information content (AvgIpc) is 2.01. The summed E-state index contributed by atoms with van der Waals surface area (Å²) in [7, 11) is 0. The van der Waals surface area contributed by atoms with Gasteiger partial charge in [-0.2, -0.15) is 0 Å². The summed E-state index contributed by atoms with van der Waals surface area (Å²) in [6.45, 7) is 4.35. The summed E-state index contributed by atoms with van der Waals surface area (Å²) in [6, 6.07) is 5.40. The third-order valence-electron chi connectivity index (χ3n) is 2.71. The molecule has 1 aromatic carbocycles. The van der Waals surface area contributed by atoms with Crippen molar-refractivity contribution in [3.8, 4) is 0 Å². The summed E-state index contributed by atoms with van der Waals surface area (Å²) in [5.41, 5.74) is 3.11. The molecule has 0 heterocycles. The molecule has 1 aliphatic rings. The first-order valence-corrected chi connectivity index (χ1v) is 4.37. The Labute approximate surface area is 77.2 Å². The van der Waals surface area contributed by atoms with Crippen molar-refractivity contribution in [1.29, 1.82) is 0 Å². The minimum atomic E-state index is -0.840. The van der Waals surface area contributed by atoms with Crippen molar-refractivity contribution < 1.29 is 9.90 Å². The van der Waals surface area contributed by atoms with Crippen LogP contribution in [0.5, 0.6) is 0 Å². The van der Waals surface area contributed by atoms with Crippen LogP contribution in [0.3, 0.4) is 0 Å². The molecule has 0 bridgehead atoms. The van der Waals surface area contributed by atoms with Gasteiger partial charge in [0.2, 0.25) is 0 Å². The molecule has 0 saturated heterocycles. The molecule has 0 amide bonds. The molecule has 0 fully saturated rings. The highest BCUT2D eigenvalue weighted by molar-refractivity contribution is 5.88. The van der Waals surface area contributed by atoms with E-state index in [0.717, 1.165) is 6.42 Å².